The van der Waals surface area contributed by atoms with Crippen molar-refractivity contribution in [3.05, 3.63) is 35.9 Å². The molecule has 0 amide bonds. The van der Waals surface area contributed by atoms with E-state index in [1.807, 2.05) is 37.3 Å². The summed E-state index contributed by atoms with van der Waals surface area (Å²) in [5, 5.41) is 0. The van der Waals surface area contributed by atoms with E-state index < -0.39 is 5.41 Å². The number of carbonyl (C=O) groups is 2. The normalized spacial score (nSPS) is 25.4. The van der Waals surface area contributed by atoms with Gasteiger partial charge >= 0.3 is 0 Å². The Bertz CT molecular complexity index is 408. The summed E-state index contributed by atoms with van der Waals surface area (Å²) in [6.45, 7) is 1.92. The van der Waals surface area contributed by atoms with E-state index >= 15 is 0 Å². The molecule has 2 nitrogen and oxygen atoms in total. The Hall–Kier alpha value is -1.44. The molecule has 1 aliphatic carbocycles. The molecule has 0 spiro atoms. The first-order valence-corrected chi connectivity index (χ1v) is 5.73. The van der Waals surface area contributed by atoms with E-state index in [1.165, 1.54) is 0 Å². The number of ketones is 2. The maximum absolute atomic E-state index is 12.3. The lowest BCUT2D eigenvalue weighted by molar-refractivity contribution is -0.122. The van der Waals surface area contributed by atoms with Crippen LogP contribution in [0.15, 0.2) is 30.3 Å². The predicted molar refractivity (Wildman–Crippen MR) is 62.4 cm³/mol. The van der Waals surface area contributed by atoms with Crippen LogP contribution in [0, 0.1) is 5.41 Å². The van der Waals surface area contributed by atoms with E-state index in [0.29, 0.717) is 12.8 Å². The summed E-state index contributed by atoms with van der Waals surface area (Å²) in [5.41, 5.74) is 0.246. The van der Waals surface area contributed by atoms with Gasteiger partial charge in [-0.1, -0.05) is 37.3 Å². The molecule has 1 saturated carbocycles. The first-order valence-electron chi connectivity index (χ1n) is 5.73. The molecule has 1 fully saturated rings. The average molecular weight is 216 g/mol. The van der Waals surface area contributed by atoms with Crippen LogP contribution in [0.2, 0.25) is 0 Å². The Morgan fingerprint density at radius 2 is 1.94 bits per heavy atom. The zero-order valence-corrected chi connectivity index (χ0v) is 9.53. The van der Waals surface area contributed by atoms with Gasteiger partial charge in [0.25, 0.3) is 0 Å². The highest BCUT2D eigenvalue weighted by atomic mass is 16.1. The molecule has 16 heavy (non-hydrogen) atoms. The van der Waals surface area contributed by atoms with Crippen molar-refractivity contribution in [2.45, 2.75) is 32.6 Å². The summed E-state index contributed by atoms with van der Waals surface area (Å²) >= 11 is 0. The van der Waals surface area contributed by atoms with Crippen LogP contribution in [0.5, 0.6) is 0 Å². The topological polar surface area (TPSA) is 34.1 Å². The first kappa shape index (κ1) is 11.1. The molecule has 0 aromatic heterocycles. The van der Waals surface area contributed by atoms with Crippen LogP contribution in [0.3, 0.4) is 0 Å². The van der Waals surface area contributed by atoms with Crippen molar-refractivity contribution in [1.29, 1.82) is 0 Å². The van der Waals surface area contributed by atoms with Crippen LogP contribution in [0.4, 0.5) is 0 Å². The largest absolute Gasteiger partial charge is 0.300 e. The Morgan fingerprint density at radius 1 is 1.25 bits per heavy atom. The number of Topliss-reactive ketones (excluding diaryl/α,β-unsaturated/α-hetero) is 2. The molecule has 0 N–H and O–H groups in total. The van der Waals surface area contributed by atoms with Gasteiger partial charge in [0.1, 0.15) is 5.78 Å². The molecule has 1 aromatic rings. The lowest BCUT2D eigenvalue weighted by Crippen LogP contribution is -2.34. The molecule has 0 radical (unpaired) electrons. The standard InChI is InChI=1S/C14H16O2/c1-14(9-5-8-12(15)10-14)13(16)11-6-3-2-4-7-11/h2-4,6-7H,5,8-10H2,1H3. The van der Waals surface area contributed by atoms with Gasteiger partial charge in [0.05, 0.1) is 0 Å². The van der Waals surface area contributed by atoms with Gasteiger partial charge in [0.2, 0.25) is 0 Å². The third-order valence-electron chi connectivity index (χ3n) is 3.36. The van der Waals surface area contributed by atoms with Gasteiger partial charge in [-0.15, -0.1) is 0 Å². The Labute approximate surface area is 95.7 Å². The van der Waals surface area contributed by atoms with E-state index in [9.17, 15) is 9.59 Å². The summed E-state index contributed by atoms with van der Waals surface area (Å²) in [4.78, 5) is 23.8. The van der Waals surface area contributed by atoms with Gasteiger partial charge in [0.15, 0.2) is 5.78 Å². The fraction of sp³-hybridized carbons (Fsp3) is 0.429. The monoisotopic (exact) mass is 216 g/mol. The fourth-order valence-corrected chi connectivity index (χ4v) is 2.42. The molecule has 0 bridgehead atoms. The SMILES string of the molecule is CC1(C(=O)c2ccccc2)CCCC(=O)C1. The third kappa shape index (κ3) is 2.06. The van der Waals surface area contributed by atoms with E-state index in [0.717, 1.165) is 18.4 Å². The summed E-state index contributed by atoms with van der Waals surface area (Å²) in [5.74, 6) is 0.333. The third-order valence-corrected chi connectivity index (χ3v) is 3.36. The Balaban J connectivity index is 2.24. The number of benzene rings is 1. The van der Waals surface area contributed by atoms with Crippen LogP contribution in [-0.2, 0) is 4.79 Å². The summed E-state index contributed by atoms with van der Waals surface area (Å²) in [6.07, 6.45) is 2.71. The average Bonchev–Trinajstić information content (AvgIpc) is 2.29. The lowest BCUT2D eigenvalue weighted by Gasteiger charge is -2.31. The second kappa shape index (κ2) is 4.20. The van der Waals surface area contributed by atoms with Crippen molar-refractivity contribution >= 4 is 11.6 Å². The van der Waals surface area contributed by atoms with Gasteiger partial charge in [-0.25, -0.2) is 0 Å². The van der Waals surface area contributed by atoms with Crippen LogP contribution in [0.1, 0.15) is 43.0 Å². The molecule has 2 rings (SSSR count). The number of hydrogen-bond donors (Lipinski definition) is 0. The van der Waals surface area contributed by atoms with Crippen molar-refractivity contribution in [2.75, 3.05) is 0 Å². The second-order valence-electron chi connectivity index (χ2n) is 4.82. The van der Waals surface area contributed by atoms with Crippen molar-refractivity contribution in [3.63, 3.8) is 0 Å². The summed E-state index contributed by atoms with van der Waals surface area (Å²) in [7, 11) is 0. The fourth-order valence-electron chi connectivity index (χ4n) is 2.42. The Morgan fingerprint density at radius 3 is 2.56 bits per heavy atom. The second-order valence-corrected chi connectivity index (χ2v) is 4.82. The minimum atomic E-state index is -0.476. The molecule has 2 heteroatoms. The number of rotatable bonds is 2. The van der Waals surface area contributed by atoms with Crippen LogP contribution in [0.25, 0.3) is 0 Å². The first-order chi connectivity index (χ1) is 7.62. The van der Waals surface area contributed by atoms with Crippen molar-refractivity contribution in [3.8, 4) is 0 Å². The highest BCUT2D eigenvalue weighted by Gasteiger charge is 2.38. The lowest BCUT2D eigenvalue weighted by atomic mass is 9.70. The van der Waals surface area contributed by atoms with Crippen molar-refractivity contribution in [2.24, 2.45) is 5.41 Å². The Kier molecular flexibility index (Phi) is 2.90. The van der Waals surface area contributed by atoms with Gasteiger partial charge in [-0.2, -0.15) is 0 Å². The molecule has 0 heterocycles. The predicted octanol–water partition coefficient (Wildman–Crippen LogP) is 3.02. The van der Waals surface area contributed by atoms with E-state index in [4.69, 9.17) is 0 Å². The maximum Gasteiger partial charge on any atom is 0.169 e. The molecule has 0 saturated heterocycles. The molecule has 84 valence electrons. The molecular formula is C14H16O2. The molecule has 0 aliphatic heterocycles. The molecule has 1 aromatic carbocycles. The van der Waals surface area contributed by atoms with Gasteiger partial charge in [0, 0.05) is 23.8 Å². The van der Waals surface area contributed by atoms with Gasteiger partial charge in [-0.05, 0) is 12.8 Å². The molecule has 1 atom stereocenters. The maximum atomic E-state index is 12.3. The molecule has 1 unspecified atom stereocenters. The summed E-state index contributed by atoms with van der Waals surface area (Å²) < 4.78 is 0. The summed E-state index contributed by atoms with van der Waals surface area (Å²) in [6, 6.07) is 9.27. The van der Waals surface area contributed by atoms with E-state index in [-0.39, 0.29) is 11.6 Å². The van der Waals surface area contributed by atoms with E-state index in [2.05, 4.69) is 0 Å². The highest BCUT2D eigenvalue weighted by molar-refractivity contribution is 6.03. The zero-order chi connectivity index (χ0) is 11.6. The smallest absolute Gasteiger partial charge is 0.169 e. The van der Waals surface area contributed by atoms with Gasteiger partial charge in [-0.3, -0.25) is 9.59 Å². The minimum absolute atomic E-state index is 0.112. The molecular weight excluding hydrogens is 200 g/mol. The van der Waals surface area contributed by atoms with Crippen molar-refractivity contribution in [1.82, 2.24) is 0 Å². The van der Waals surface area contributed by atoms with Gasteiger partial charge < -0.3 is 0 Å². The van der Waals surface area contributed by atoms with Crippen LogP contribution < -0.4 is 0 Å². The number of hydrogen-bond acceptors (Lipinski definition) is 2. The van der Waals surface area contributed by atoms with Crippen LogP contribution >= 0.6 is 0 Å². The number of carbonyl (C=O) groups excluding carboxylic acids is 2. The van der Waals surface area contributed by atoms with Crippen molar-refractivity contribution < 1.29 is 9.59 Å². The molecule has 1 aliphatic rings. The van der Waals surface area contributed by atoms with Crippen LogP contribution in [-0.4, -0.2) is 11.6 Å². The minimum Gasteiger partial charge on any atom is -0.300 e. The quantitative estimate of drug-likeness (QED) is 0.712. The highest BCUT2D eigenvalue weighted by Crippen LogP contribution is 2.36. The zero-order valence-electron chi connectivity index (χ0n) is 9.53. The van der Waals surface area contributed by atoms with E-state index in [1.54, 1.807) is 0 Å².